The second-order valence-electron chi connectivity index (χ2n) is 8.57. The molecule has 0 radical (unpaired) electrons. The third-order valence-corrected chi connectivity index (χ3v) is 6.77. The van der Waals surface area contributed by atoms with E-state index in [1.807, 2.05) is 47.1 Å². The standard InChI is InChI=1S/C25H31N3O2/c1-18-8-7-11-23(19(18)2)26-12-14-27(15-13-26)25(30)22-16-24(29)28(17-22)20(3)21-9-5-4-6-10-21/h4-11,20,22H,12-17H2,1-3H3/t20-,22+/m1/s1. The summed E-state index contributed by atoms with van der Waals surface area (Å²) in [6.45, 7) is 9.96. The van der Waals surface area contributed by atoms with Crippen LogP contribution in [-0.2, 0) is 9.59 Å². The maximum Gasteiger partial charge on any atom is 0.228 e. The Morgan fingerprint density at radius 3 is 2.37 bits per heavy atom. The molecule has 158 valence electrons. The quantitative estimate of drug-likeness (QED) is 0.781. The van der Waals surface area contributed by atoms with Gasteiger partial charge in [0.2, 0.25) is 11.8 Å². The predicted molar refractivity (Wildman–Crippen MR) is 119 cm³/mol. The molecular formula is C25H31N3O2. The lowest BCUT2D eigenvalue weighted by Crippen LogP contribution is -2.51. The molecule has 0 spiro atoms. The number of likely N-dealkylation sites (tertiary alicyclic amines) is 1. The van der Waals surface area contributed by atoms with Gasteiger partial charge in [-0.3, -0.25) is 9.59 Å². The van der Waals surface area contributed by atoms with Crippen LogP contribution in [0.5, 0.6) is 0 Å². The van der Waals surface area contributed by atoms with E-state index in [4.69, 9.17) is 0 Å². The van der Waals surface area contributed by atoms with Crippen LogP contribution >= 0.6 is 0 Å². The molecular weight excluding hydrogens is 374 g/mol. The summed E-state index contributed by atoms with van der Waals surface area (Å²) in [6, 6.07) is 16.4. The molecule has 0 N–H and O–H groups in total. The van der Waals surface area contributed by atoms with Crippen LogP contribution in [0, 0.1) is 19.8 Å². The van der Waals surface area contributed by atoms with E-state index in [0.717, 1.165) is 18.7 Å². The summed E-state index contributed by atoms with van der Waals surface area (Å²) >= 11 is 0. The van der Waals surface area contributed by atoms with Gasteiger partial charge in [0.15, 0.2) is 0 Å². The van der Waals surface area contributed by atoms with Crippen LogP contribution < -0.4 is 4.90 Å². The molecule has 0 unspecified atom stereocenters. The van der Waals surface area contributed by atoms with Crippen LogP contribution in [-0.4, -0.2) is 54.3 Å². The molecule has 4 rings (SSSR count). The SMILES string of the molecule is Cc1cccc(N2CCN(C(=O)[C@H]3CC(=O)N([C@H](C)c4ccccc4)C3)CC2)c1C. The minimum Gasteiger partial charge on any atom is -0.368 e. The molecule has 2 aromatic rings. The summed E-state index contributed by atoms with van der Waals surface area (Å²) in [6.07, 6.45) is 0.327. The van der Waals surface area contributed by atoms with E-state index in [0.29, 0.717) is 26.1 Å². The molecule has 2 aromatic carbocycles. The number of hydrogen-bond acceptors (Lipinski definition) is 3. The second kappa shape index (κ2) is 8.50. The van der Waals surface area contributed by atoms with Crippen LogP contribution in [0.15, 0.2) is 48.5 Å². The third kappa shape index (κ3) is 3.93. The van der Waals surface area contributed by atoms with Crippen molar-refractivity contribution in [3.63, 3.8) is 0 Å². The first-order valence-corrected chi connectivity index (χ1v) is 10.9. The zero-order chi connectivity index (χ0) is 21.3. The zero-order valence-corrected chi connectivity index (χ0v) is 18.2. The van der Waals surface area contributed by atoms with Gasteiger partial charge in [0.1, 0.15) is 0 Å². The Hall–Kier alpha value is -2.82. The average Bonchev–Trinajstić information content (AvgIpc) is 3.17. The van der Waals surface area contributed by atoms with E-state index < -0.39 is 0 Å². The number of carbonyl (C=O) groups is 2. The minimum absolute atomic E-state index is 0.00218. The largest absolute Gasteiger partial charge is 0.368 e. The van der Waals surface area contributed by atoms with Crippen molar-refractivity contribution in [2.75, 3.05) is 37.6 Å². The molecule has 5 heteroatoms. The Morgan fingerprint density at radius 1 is 0.967 bits per heavy atom. The highest BCUT2D eigenvalue weighted by molar-refractivity contribution is 5.89. The van der Waals surface area contributed by atoms with E-state index in [1.165, 1.54) is 16.8 Å². The fourth-order valence-electron chi connectivity index (χ4n) is 4.69. The van der Waals surface area contributed by atoms with Crippen molar-refractivity contribution in [1.82, 2.24) is 9.80 Å². The number of benzene rings is 2. The molecule has 2 fully saturated rings. The summed E-state index contributed by atoms with van der Waals surface area (Å²) in [5.74, 6) is -0.0126. The molecule has 0 aliphatic carbocycles. The molecule has 2 aliphatic rings. The molecule has 2 atom stereocenters. The first kappa shape index (κ1) is 20.5. The van der Waals surface area contributed by atoms with Gasteiger partial charge in [0.25, 0.3) is 0 Å². The van der Waals surface area contributed by atoms with Gasteiger partial charge in [-0.05, 0) is 43.5 Å². The van der Waals surface area contributed by atoms with Crippen LogP contribution in [0.4, 0.5) is 5.69 Å². The van der Waals surface area contributed by atoms with Gasteiger partial charge >= 0.3 is 0 Å². The van der Waals surface area contributed by atoms with Crippen LogP contribution in [0.25, 0.3) is 0 Å². The van der Waals surface area contributed by atoms with Crippen molar-refractivity contribution >= 4 is 17.5 Å². The van der Waals surface area contributed by atoms with E-state index in [-0.39, 0.29) is 23.8 Å². The molecule has 2 heterocycles. The molecule has 2 aliphatic heterocycles. The van der Waals surface area contributed by atoms with E-state index in [9.17, 15) is 9.59 Å². The molecule has 5 nitrogen and oxygen atoms in total. The number of carbonyl (C=O) groups excluding carboxylic acids is 2. The fourth-order valence-corrected chi connectivity index (χ4v) is 4.69. The highest BCUT2D eigenvalue weighted by Crippen LogP contribution is 2.30. The molecule has 30 heavy (non-hydrogen) atoms. The Labute approximate surface area is 179 Å². The number of rotatable bonds is 4. The van der Waals surface area contributed by atoms with Crippen molar-refractivity contribution < 1.29 is 9.59 Å². The van der Waals surface area contributed by atoms with Crippen molar-refractivity contribution in [2.45, 2.75) is 33.2 Å². The number of anilines is 1. The van der Waals surface area contributed by atoms with Crippen LogP contribution in [0.1, 0.15) is 36.1 Å². The molecule has 0 bridgehead atoms. The lowest BCUT2D eigenvalue weighted by Gasteiger charge is -2.38. The first-order valence-electron chi connectivity index (χ1n) is 10.9. The zero-order valence-electron chi connectivity index (χ0n) is 18.2. The molecule has 0 saturated carbocycles. The summed E-state index contributed by atoms with van der Waals surface area (Å²) in [5, 5.41) is 0. The lowest BCUT2D eigenvalue weighted by atomic mass is 10.0. The number of nitrogens with zero attached hydrogens (tertiary/aromatic N) is 3. The molecule has 2 saturated heterocycles. The monoisotopic (exact) mass is 405 g/mol. The number of aryl methyl sites for hydroxylation is 1. The van der Waals surface area contributed by atoms with Crippen LogP contribution in [0.3, 0.4) is 0 Å². The van der Waals surface area contributed by atoms with Gasteiger partial charge in [0.05, 0.1) is 12.0 Å². The predicted octanol–water partition coefficient (Wildman–Crippen LogP) is 3.56. The Balaban J connectivity index is 1.37. The smallest absolute Gasteiger partial charge is 0.228 e. The second-order valence-corrected chi connectivity index (χ2v) is 8.57. The van der Waals surface area contributed by atoms with Gasteiger partial charge in [-0.2, -0.15) is 0 Å². The Morgan fingerprint density at radius 2 is 1.67 bits per heavy atom. The lowest BCUT2D eigenvalue weighted by molar-refractivity contribution is -0.136. The van der Waals surface area contributed by atoms with E-state index >= 15 is 0 Å². The van der Waals surface area contributed by atoms with Gasteiger partial charge < -0.3 is 14.7 Å². The van der Waals surface area contributed by atoms with Crippen molar-refractivity contribution in [3.8, 4) is 0 Å². The normalized spacial score (nSPS) is 20.6. The highest BCUT2D eigenvalue weighted by atomic mass is 16.2. The molecule has 2 amide bonds. The van der Waals surface area contributed by atoms with Gasteiger partial charge in [0, 0.05) is 44.8 Å². The van der Waals surface area contributed by atoms with Crippen molar-refractivity contribution in [3.05, 3.63) is 65.2 Å². The van der Waals surface area contributed by atoms with Gasteiger partial charge in [-0.15, -0.1) is 0 Å². The van der Waals surface area contributed by atoms with Gasteiger partial charge in [-0.1, -0.05) is 42.5 Å². The van der Waals surface area contributed by atoms with Crippen molar-refractivity contribution in [2.24, 2.45) is 5.92 Å². The Bertz CT molecular complexity index is 919. The summed E-state index contributed by atoms with van der Waals surface area (Å²) in [7, 11) is 0. The van der Waals surface area contributed by atoms with E-state index in [1.54, 1.807) is 0 Å². The number of piperazine rings is 1. The summed E-state index contributed by atoms with van der Waals surface area (Å²) < 4.78 is 0. The summed E-state index contributed by atoms with van der Waals surface area (Å²) in [5.41, 5.74) is 4.98. The maximum absolute atomic E-state index is 13.1. The van der Waals surface area contributed by atoms with Crippen LogP contribution in [0.2, 0.25) is 0 Å². The fraction of sp³-hybridized carbons (Fsp3) is 0.440. The minimum atomic E-state index is -0.226. The Kier molecular flexibility index (Phi) is 5.80. The van der Waals surface area contributed by atoms with E-state index in [2.05, 4.69) is 36.9 Å². The topological polar surface area (TPSA) is 43.9 Å². The maximum atomic E-state index is 13.1. The molecule has 0 aromatic heterocycles. The number of amides is 2. The van der Waals surface area contributed by atoms with Gasteiger partial charge in [-0.25, -0.2) is 0 Å². The first-order chi connectivity index (χ1) is 14.5. The third-order valence-electron chi connectivity index (χ3n) is 6.77. The summed E-state index contributed by atoms with van der Waals surface area (Å²) in [4.78, 5) is 32.0. The number of hydrogen-bond donors (Lipinski definition) is 0. The van der Waals surface area contributed by atoms with Crippen molar-refractivity contribution in [1.29, 1.82) is 0 Å². The average molecular weight is 406 g/mol. The highest BCUT2D eigenvalue weighted by Gasteiger charge is 2.39.